The summed E-state index contributed by atoms with van der Waals surface area (Å²) in [7, 11) is 0. The van der Waals surface area contributed by atoms with Crippen LogP contribution in [0.25, 0.3) is 22.2 Å². The zero-order valence-electron chi connectivity index (χ0n) is 22.0. The Hall–Kier alpha value is -3.71. The fraction of sp³-hybridized carbons (Fsp3) is 0.387. The van der Waals surface area contributed by atoms with E-state index in [0.29, 0.717) is 23.6 Å². The number of anilines is 1. The zero-order chi connectivity index (χ0) is 26.2. The SMILES string of the molecule is CC(C)C[C@H](NC(=O)c1ccc2[nH]nc(-c3ccc(N4[C@@H]5CC[C@H]4C[C@H](O)C5)cc3)c2c1)c1ccccn1. The van der Waals surface area contributed by atoms with Gasteiger partial charge < -0.3 is 15.3 Å². The van der Waals surface area contributed by atoms with Crippen LogP contribution in [0.2, 0.25) is 0 Å². The highest BCUT2D eigenvalue weighted by Crippen LogP contribution is 2.40. The van der Waals surface area contributed by atoms with Crippen molar-refractivity contribution < 1.29 is 9.90 Å². The predicted molar refractivity (Wildman–Crippen MR) is 150 cm³/mol. The molecule has 0 unspecified atom stereocenters. The van der Waals surface area contributed by atoms with Crippen LogP contribution in [0.1, 0.15) is 68.0 Å². The summed E-state index contributed by atoms with van der Waals surface area (Å²) in [6.07, 6.45) is 6.41. The zero-order valence-corrected chi connectivity index (χ0v) is 22.0. The van der Waals surface area contributed by atoms with Gasteiger partial charge in [0.1, 0.15) is 0 Å². The summed E-state index contributed by atoms with van der Waals surface area (Å²) in [5.74, 6) is 0.298. The molecule has 0 spiro atoms. The fourth-order valence-corrected chi connectivity index (χ4v) is 6.29. The van der Waals surface area contributed by atoms with Gasteiger partial charge in [0.05, 0.1) is 29.1 Å². The number of aliphatic hydroxyl groups excluding tert-OH is 1. The molecular weight excluding hydrogens is 474 g/mol. The van der Waals surface area contributed by atoms with Crippen LogP contribution < -0.4 is 10.2 Å². The number of hydrogen-bond donors (Lipinski definition) is 3. The Balaban J connectivity index is 1.24. The van der Waals surface area contributed by atoms with E-state index in [2.05, 4.69) is 63.5 Å². The normalized spacial score (nSPS) is 21.7. The first-order chi connectivity index (χ1) is 18.5. The molecule has 3 N–H and O–H groups in total. The van der Waals surface area contributed by atoms with Crippen molar-refractivity contribution in [3.05, 3.63) is 78.1 Å². The monoisotopic (exact) mass is 509 g/mol. The van der Waals surface area contributed by atoms with Crippen LogP contribution in [-0.2, 0) is 0 Å². The number of aliphatic hydroxyl groups is 1. The minimum absolute atomic E-state index is 0.117. The van der Waals surface area contributed by atoms with Gasteiger partial charge in [0.15, 0.2) is 0 Å². The van der Waals surface area contributed by atoms with Gasteiger partial charge in [0, 0.05) is 40.5 Å². The molecule has 4 atom stereocenters. The van der Waals surface area contributed by atoms with Gasteiger partial charge in [-0.05, 0) is 80.5 Å². The van der Waals surface area contributed by atoms with Crippen molar-refractivity contribution in [2.75, 3.05) is 4.90 Å². The van der Waals surface area contributed by atoms with E-state index in [1.807, 2.05) is 36.4 Å². The molecule has 1 amide bonds. The Morgan fingerprint density at radius 3 is 2.53 bits per heavy atom. The minimum Gasteiger partial charge on any atom is -0.393 e. The number of benzene rings is 2. The molecule has 7 nitrogen and oxygen atoms in total. The smallest absolute Gasteiger partial charge is 0.251 e. The standard InChI is InChI=1S/C31H35N5O2/c1-19(2)15-29(28-5-3-4-14-32-28)33-31(38)21-8-13-27-26(16-21)30(35-34-27)20-6-9-22(10-7-20)36-23-11-12-24(36)18-25(37)17-23/h3-10,13-14,16,19,23-25,29,37H,11-12,15,17-18H2,1-2H3,(H,33,38)(H,34,35)/t23-,24+,25-,29-/m0/s1. The number of rotatable bonds is 7. The van der Waals surface area contributed by atoms with Gasteiger partial charge in [-0.15, -0.1) is 0 Å². The second-order valence-corrected chi connectivity index (χ2v) is 11.2. The number of aromatic nitrogens is 3. The van der Waals surface area contributed by atoms with Crippen molar-refractivity contribution in [3.8, 4) is 11.3 Å². The summed E-state index contributed by atoms with van der Waals surface area (Å²) in [6, 6.07) is 20.7. The summed E-state index contributed by atoms with van der Waals surface area (Å²) >= 11 is 0. The molecule has 0 radical (unpaired) electrons. The van der Waals surface area contributed by atoms with Gasteiger partial charge in [-0.25, -0.2) is 0 Å². The second-order valence-electron chi connectivity index (χ2n) is 11.2. The van der Waals surface area contributed by atoms with Crippen molar-refractivity contribution in [2.24, 2.45) is 5.92 Å². The molecule has 38 heavy (non-hydrogen) atoms. The number of nitrogens with one attached hydrogen (secondary N) is 2. The number of aromatic amines is 1. The summed E-state index contributed by atoms with van der Waals surface area (Å²) in [6.45, 7) is 4.30. The van der Waals surface area contributed by atoms with Gasteiger partial charge in [-0.2, -0.15) is 5.10 Å². The predicted octanol–water partition coefficient (Wildman–Crippen LogP) is 5.63. The Morgan fingerprint density at radius 2 is 1.84 bits per heavy atom. The maximum atomic E-state index is 13.3. The third-order valence-corrected chi connectivity index (χ3v) is 8.03. The Labute approximate surface area is 223 Å². The first-order valence-electron chi connectivity index (χ1n) is 13.7. The molecule has 6 rings (SSSR count). The van der Waals surface area contributed by atoms with Crippen molar-refractivity contribution in [2.45, 2.75) is 70.2 Å². The Morgan fingerprint density at radius 1 is 1.08 bits per heavy atom. The Kier molecular flexibility index (Phi) is 6.62. The van der Waals surface area contributed by atoms with E-state index in [1.54, 1.807) is 6.20 Å². The van der Waals surface area contributed by atoms with Gasteiger partial charge in [0.25, 0.3) is 5.91 Å². The van der Waals surface area contributed by atoms with E-state index >= 15 is 0 Å². The lowest BCUT2D eigenvalue weighted by atomic mass is 9.98. The summed E-state index contributed by atoms with van der Waals surface area (Å²) in [5, 5.41) is 22.0. The molecule has 2 aromatic heterocycles. The van der Waals surface area contributed by atoms with Crippen LogP contribution in [0, 0.1) is 5.92 Å². The van der Waals surface area contributed by atoms with Crippen LogP contribution in [0.4, 0.5) is 5.69 Å². The molecule has 2 saturated heterocycles. The Bertz CT molecular complexity index is 1400. The molecule has 0 aliphatic carbocycles. The molecule has 4 aromatic rings. The molecular formula is C31H35N5O2. The molecule has 2 bridgehead atoms. The van der Waals surface area contributed by atoms with Crippen LogP contribution in [0.15, 0.2) is 66.9 Å². The number of H-pyrrole nitrogens is 1. The lowest BCUT2D eigenvalue weighted by molar-refractivity contribution is 0.0931. The van der Waals surface area contributed by atoms with E-state index in [4.69, 9.17) is 0 Å². The van der Waals surface area contributed by atoms with Crippen molar-refractivity contribution in [1.29, 1.82) is 0 Å². The lowest BCUT2D eigenvalue weighted by Crippen LogP contribution is -2.44. The number of pyridine rings is 1. The molecule has 2 aliphatic rings. The van der Waals surface area contributed by atoms with E-state index in [9.17, 15) is 9.90 Å². The molecule has 4 heterocycles. The number of amides is 1. The molecule has 2 aromatic carbocycles. The molecule has 7 heteroatoms. The van der Waals surface area contributed by atoms with Crippen molar-refractivity contribution in [3.63, 3.8) is 0 Å². The number of fused-ring (bicyclic) bond motifs is 3. The van der Waals surface area contributed by atoms with Gasteiger partial charge in [0.2, 0.25) is 0 Å². The highest BCUT2D eigenvalue weighted by molar-refractivity contribution is 6.01. The highest BCUT2D eigenvalue weighted by Gasteiger charge is 2.40. The van der Waals surface area contributed by atoms with Crippen LogP contribution in [-0.4, -0.2) is 44.4 Å². The van der Waals surface area contributed by atoms with Gasteiger partial charge >= 0.3 is 0 Å². The number of carbonyl (C=O) groups is 1. The van der Waals surface area contributed by atoms with Crippen LogP contribution in [0.5, 0.6) is 0 Å². The molecule has 0 saturated carbocycles. The summed E-state index contributed by atoms with van der Waals surface area (Å²) in [5.41, 5.74) is 5.42. The average Bonchev–Trinajstić information content (AvgIpc) is 3.46. The first-order valence-corrected chi connectivity index (χ1v) is 13.7. The molecule has 2 fully saturated rings. The van der Waals surface area contributed by atoms with E-state index < -0.39 is 0 Å². The number of piperidine rings is 1. The summed E-state index contributed by atoms with van der Waals surface area (Å²) in [4.78, 5) is 20.3. The van der Waals surface area contributed by atoms with Gasteiger partial charge in [-0.1, -0.05) is 32.0 Å². The number of carbonyl (C=O) groups excluding carboxylic acids is 1. The van der Waals surface area contributed by atoms with Gasteiger partial charge in [-0.3, -0.25) is 14.9 Å². The minimum atomic E-state index is -0.172. The van der Waals surface area contributed by atoms with E-state index in [1.165, 1.54) is 5.69 Å². The maximum absolute atomic E-state index is 13.3. The molecule has 196 valence electrons. The van der Waals surface area contributed by atoms with Crippen molar-refractivity contribution >= 4 is 22.5 Å². The lowest BCUT2D eigenvalue weighted by Gasteiger charge is -2.39. The van der Waals surface area contributed by atoms with Crippen LogP contribution >= 0.6 is 0 Å². The van der Waals surface area contributed by atoms with E-state index in [-0.39, 0.29) is 18.1 Å². The highest BCUT2D eigenvalue weighted by atomic mass is 16.3. The summed E-state index contributed by atoms with van der Waals surface area (Å²) < 4.78 is 0. The van der Waals surface area contributed by atoms with Crippen molar-refractivity contribution in [1.82, 2.24) is 20.5 Å². The quantitative estimate of drug-likeness (QED) is 0.300. The first kappa shape index (κ1) is 24.6. The number of hydrogen-bond acceptors (Lipinski definition) is 5. The topological polar surface area (TPSA) is 94.1 Å². The average molecular weight is 510 g/mol. The molecule has 2 aliphatic heterocycles. The second kappa shape index (κ2) is 10.2. The largest absolute Gasteiger partial charge is 0.393 e. The maximum Gasteiger partial charge on any atom is 0.251 e. The third kappa shape index (κ3) is 4.78. The third-order valence-electron chi connectivity index (χ3n) is 8.03. The fourth-order valence-electron chi connectivity index (χ4n) is 6.29. The number of nitrogens with zero attached hydrogens (tertiary/aromatic N) is 3. The van der Waals surface area contributed by atoms with E-state index in [0.717, 1.165) is 60.0 Å². The van der Waals surface area contributed by atoms with Crippen LogP contribution in [0.3, 0.4) is 0 Å².